The summed E-state index contributed by atoms with van der Waals surface area (Å²) >= 11 is 0. The minimum atomic E-state index is -0.0897. The number of benzene rings is 1. The third-order valence-corrected chi connectivity index (χ3v) is 2.16. The number of carbonyl (C=O) groups excluding carboxylic acids is 1. The standard InChI is InChI=1S/C10H14N2O2/c1-6-8(13)3-2-7(10(6)12)9(14)4-5-11/h2-3,13H,4-5,11-12H2,1H3. The summed E-state index contributed by atoms with van der Waals surface area (Å²) in [7, 11) is 0. The van der Waals surface area contributed by atoms with Gasteiger partial charge in [-0.1, -0.05) is 0 Å². The van der Waals surface area contributed by atoms with Crippen LogP contribution in [-0.2, 0) is 0 Å². The van der Waals surface area contributed by atoms with Crippen molar-refractivity contribution in [3.63, 3.8) is 0 Å². The zero-order chi connectivity index (χ0) is 10.7. The van der Waals surface area contributed by atoms with E-state index in [0.29, 0.717) is 23.4 Å². The zero-order valence-corrected chi connectivity index (χ0v) is 8.08. The van der Waals surface area contributed by atoms with Gasteiger partial charge in [-0.05, 0) is 25.6 Å². The smallest absolute Gasteiger partial charge is 0.166 e. The summed E-state index contributed by atoms with van der Waals surface area (Å²) in [5.41, 5.74) is 12.3. The van der Waals surface area contributed by atoms with Crippen molar-refractivity contribution < 1.29 is 9.90 Å². The van der Waals surface area contributed by atoms with Gasteiger partial charge in [-0.25, -0.2) is 0 Å². The molecule has 1 aromatic rings. The molecular weight excluding hydrogens is 180 g/mol. The molecule has 1 aromatic carbocycles. The topological polar surface area (TPSA) is 89.3 Å². The molecule has 4 nitrogen and oxygen atoms in total. The molecule has 14 heavy (non-hydrogen) atoms. The van der Waals surface area contributed by atoms with Gasteiger partial charge >= 0.3 is 0 Å². The van der Waals surface area contributed by atoms with E-state index in [1.54, 1.807) is 6.92 Å². The average Bonchev–Trinajstić information content (AvgIpc) is 2.15. The van der Waals surface area contributed by atoms with Gasteiger partial charge in [0, 0.05) is 23.2 Å². The van der Waals surface area contributed by atoms with Crippen LogP contribution in [0.2, 0.25) is 0 Å². The maximum absolute atomic E-state index is 11.5. The van der Waals surface area contributed by atoms with Crippen LogP contribution in [0.3, 0.4) is 0 Å². The summed E-state index contributed by atoms with van der Waals surface area (Å²) in [6, 6.07) is 2.99. The van der Waals surface area contributed by atoms with Crippen LogP contribution in [0.1, 0.15) is 22.3 Å². The molecule has 0 fully saturated rings. The molecule has 0 saturated carbocycles. The molecule has 76 valence electrons. The fraction of sp³-hybridized carbons (Fsp3) is 0.300. The fourth-order valence-electron chi connectivity index (χ4n) is 1.23. The Morgan fingerprint density at radius 2 is 2.14 bits per heavy atom. The van der Waals surface area contributed by atoms with Gasteiger partial charge < -0.3 is 16.6 Å². The van der Waals surface area contributed by atoms with Crippen molar-refractivity contribution in [2.75, 3.05) is 12.3 Å². The Kier molecular flexibility index (Phi) is 3.09. The van der Waals surface area contributed by atoms with Gasteiger partial charge in [0.15, 0.2) is 5.78 Å². The Bertz CT molecular complexity index is 361. The number of phenolic OH excluding ortho intramolecular Hbond substituents is 1. The van der Waals surface area contributed by atoms with Crippen molar-refractivity contribution in [1.82, 2.24) is 0 Å². The van der Waals surface area contributed by atoms with E-state index in [2.05, 4.69) is 0 Å². The van der Waals surface area contributed by atoms with Crippen molar-refractivity contribution in [3.8, 4) is 5.75 Å². The molecule has 5 N–H and O–H groups in total. The summed E-state index contributed by atoms with van der Waals surface area (Å²) in [5.74, 6) is 0.0138. The number of nitrogen functional groups attached to an aromatic ring is 1. The first-order valence-corrected chi connectivity index (χ1v) is 4.39. The Balaban J connectivity index is 3.11. The first-order valence-electron chi connectivity index (χ1n) is 4.39. The zero-order valence-electron chi connectivity index (χ0n) is 8.08. The van der Waals surface area contributed by atoms with Gasteiger partial charge in [0.05, 0.1) is 0 Å². The van der Waals surface area contributed by atoms with Crippen LogP contribution in [0.5, 0.6) is 5.75 Å². The van der Waals surface area contributed by atoms with Gasteiger partial charge in [0.2, 0.25) is 0 Å². The molecule has 0 atom stereocenters. The Morgan fingerprint density at radius 3 is 2.71 bits per heavy atom. The number of Topliss-reactive ketones (excluding diaryl/α,β-unsaturated/α-hetero) is 1. The third-order valence-electron chi connectivity index (χ3n) is 2.16. The number of hydrogen-bond donors (Lipinski definition) is 3. The van der Waals surface area contributed by atoms with Gasteiger partial charge in [-0.15, -0.1) is 0 Å². The van der Waals surface area contributed by atoms with Crippen molar-refractivity contribution >= 4 is 11.5 Å². The van der Waals surface area contributed by atoms with Crippen LogP contribution in [-0.4, -0.2) is 17.4 Å². The number of rotatable bonds is 3. The van der Waals surface area contributed by atoms with Crippen LogP contribution < -0.4 is 11.5 Å². The van der Waals surface area contributed by atoms with E-state index in [0.717, 1.165) is 0 Å². The molecule has 0 aromatic heterocycles. The summed E-state index contributed by atoms with van der Waals surface area (Å²) in [6.45, 7) is 1.97. The van der Waals surface area contributed by atoms with Crippen molar-refractivity contribution in [2.45, 2.75) is 13.3 Å². The van der Waals surface area contributed by atoms with Crippen LogP contribution >= 0.6 is 0 Å². The van der Waals surface area contributed by atoms with Crippen molar-refractivity contribution in [1.29, 1.82) is 0 Å². The average molecular weight is 194 g/mol. The second-order valence-electron chi connectivity index (χ2n) is 3.13. The van der Waals surface area contributed by atoms with Crippen molar-refractivity contribution in [3.05, 3.63) is 23.3 Å². The molecular formula is C10H14N2O2. The molecule has 0 bridgehead atoms. The molecule has 0 heterocycles. The Morgan fingerprint density at radius 1 is 1.50 bits per heavy atom. The lowest BCUT2D eigenvalue weighted by atomic mass is 10.0. The summed E-state index contributed by atoms with van der Waals surface area (Å²) in [5, 5.41) is 9.32. The molecule has 0 radical (unpaired) electrons. The minimum Gasteiger partial charge on any atom is -0.508 e. The minimum absolute atomic E-state index is 0.0897. The normalized spacial score (nSPS) is 10.1. The molecule has 0 aliphatic heterocycles. The van der Waals surface area contributed by atoms with E-state index in [-0.39, 0.29) is 18.0 Å². The molecule has 0 aliphatic carbocycles. The highest BCUT2D eigenvalue weighted by molar-refractivity contribution is 6.01. The predicted molar refractivity (Wildman–Crippen MR) is 55.3 cm³/mol. The summed E-state index contributed by atoms with van der Waals surface area (Å²) < 4.78 is 0. The largest absolute Gasteiger partial charge is 0.508 e. The van der Waals surface area contributed by atoms with E-state index in [1.807, 2.05) is 0 Å². The Labute approximate surface area is 82.5 Å². The van der Waals surface area contributed by atoms with Crippen molar-refractivity contribution in [2.24, 2.45) is 5.73 Å². The maximum atomic E-state index is 11.5. The number of hydrogen-bond acceptors (Lipinski definition) is 4. The number of carbonyl (C=O) groups is 1. The number of anilines is 1. The van der Waals surface area contributed by atoms with Crippen LogP contribution in [0, 0.1) is 6.92 Å². The van der Waals surface area contributed by atoms with Gasteiger partial charge in [-0.2, -0.15) is 0 Å². The SMILES string of the molecule is Cc1c(O)ccc(C(=O)CCN)c1N. The van der Waals surface area contributed by atoms with Gasteiger partial charge in [0.1, 0.15) is 5.75 Å². The lowest BCUT2D eigenvalue weighted by Gasteiger charge is -2.08. The summed E-state index contributed by atoms with van der Waals surface area (Å²) in [4.78, 5) is 11.5. The number of aromatic hydroxyl groups is 1. The number of nitrogens with two attached hydrogens (primary N) is 2. The number of ketones is 1. The van der Waals surface area contributed by atoms with Gasteiger partial charge in [-0.3, -0.25) is 4.79 Å². The Hall–Kier alpha value is -1.55. The van der Waals surface area contributed by atoms with E-state index >= 15 is 0 Å². The highest BCUT2D eigenvalue weighted by atomic mass is 16.3. The first-order chi connectivity index (χ1) is 6.57. The third kappa shape index (κ3) is 1.85. The lowest BCUT2D eigenvalue weighted by molar-refractivity contribution is 0.0986. The number of phenols is 1. The quantitative estimate of drug-likeness (QED) is 0.490. The maximum Gasteiger partial charge on any atom is 0.166 e. The molecule has 0 aliphatic rings. The van der Waals surface area contributed by atoms with Crippen LogP contribution in [0.4, 0.5) is 5.69 Å². The molecule has 4 heteroatoms. The molecule has 0 unspecified atom stereocenters. The van der Waals surface area contributed by atoms with Gasteiger partial charge in [0.25, 0.3) is 0 Å². The molecule has 1 rings (SSSR count). The highest BCUT2D eigenvalue weighted by Crippen LogP contribution is 2.26. The lowest BCUT2D eigenvalue weighted by Crippen LogP contribution is -2.10. The molecule has 0 spiro atoms. The van der Waals surface area contributed by atoms with E-state index in [1.165, 1.54) is 12.1 Å². The van der Waals surface area contributed by atoms with Crippen LogP contribution in [0.25, 0.3) is 0 Å². The fourth-order valence-corrected chi connectivity index (χ4v) is 1.23. The first kappa shape index (κ1) is 10.5. The predicted octanol–water partition coefficient (Wildman–Crippen LogP) is 0.814. The summed E-state index contributed by atoms with van der Waals surface area (Å²) in [6.07, 6.45) is 0.272. The second-order valence-corrected chi connectivity index (χ2v) is 3.13. The highest BCUT2D eigenvalue weighted by Gasteiger charge is 2.12. The van der Waals surface area contributed by atoms with Crippen LogP contribution in [0.15, 0.2) is 12.1 Å². The molecule has 0 amide bonds. The monoisotopic (exact) mass is 194 g/mol. The van der Waals surface area contributed by atoms with E-state index in [9.17, 15) is 9.90 Å². The molecule has 0 saturated heterocycles. The second kappa shape index (κ2) is 4.11. The van der Waals surface area contributed by atoms with E-state index in [4.69, 9.17) is 11.5 Å². The van der Waals surface area contributed by atoms with E-state index < -0.39 is 0 Å².